The molecule has 0 radical (unpaired) electrons. The Balaban J connectivity index is 1.69. The highest BCUT2D eigenvalue weighted by molar-refractivity contribution is 6.21. The molecule has 2 unspecified atom stereocenters. The van der Waals surface area contributed by atoms with Crippen LogP contribution in [-0.2, 0) is 14.4 Å². The molecule has 2 aromatic carbocycles. The van der Waals surface area contributed by atoms with Gasteiger partial charge in [-0.25, -0.2) is 4.39 Å². The normalized spacial score (nSPS) is 20.2. The fraction of sp³-hybridized carbons (Fsp3) is 0.227. The zero-order valence-corrected chi connectivity index (χ0v) is 17.4. The number of Topliss-reactive ketones (excluding diaryl/α,β-unsaturated/α-hetero) is 1. The lowest BCUT2D eigenvalue weighted by atomic mass is 9.93. The molecule has 1 amide bonds. The second-order valence-corrected chi connectivity index (χ2v) is 7.81. The van der Waals surface area contributed by atoms with Crippen molar-refractivity contribution in [3.05, 3.63) is 69.5 Å². The van der Waals surface area contributed by atoms with Gasteiger partial charge in [0.1, 0.15) is 11.6 Å². The summed E-state index contributed by atoms with van der Waals surface area (Å²) in [5, 5.41) is 20.8. The first-order valence-electron chi connectivity index (χ1n) is 9.98. The largest absolute Gasteiger partial charge is 0.573 e. The van der Waals surface area contributed by atoms with E-state index in [0.717, 1.165) is 24.3 Å². The predicted molar refractivity (Wildman–Crippen MR) is 109 cm³/mol. The van der Waals surface area contributed by atoms with Gasteiger partial charge in [0.05, 0.1) is 23.7 Å². The third-order valence-corrected chi connectivity index (χ3v) is 5.70. The Kier molecular flexibility index (Phi) is 5.79. The Bertz CT molecular complexity index is 1300. The Morgan fingerprint density at radius 3 is 2.40 bits per heavy atom. The lowest BCUT2D eigenvalue weighted by Gasteiger charge is -2.28. The van der Waals surface area contributed by atoms with Crippen LogP contribution in [0, 0.1) is 21.8 Å². The summed E-state index contributed by atoms with van der Waals surface area (Å²) in [6.07, 6.45) is -5.50. The quantitative estimate of drug-likeness (QED) is 0.384. The molecule has 1 heterocycles. The number of hydrogen-bond acceptors (Lipinski definition) is 6. The van der Waals surface area contributed by atoms with E-state index in [-0.39, 0.29) is 11.1 Å². The average Bonchev–Trinajstić information content (AvgIpc) is 3.18. The summed E-state index contributed by atoms with van der Waals surface area (Å²) >= 11 is 0. The number of carboxylic acid groups (broad SMARTS) is 1. The number of nitro groups is 1. The third-order valence-electron chi connectivity index (χ3n) is 5.70. The van der Waals surface area contributed by atoms with Gasteiger partial charge in [0.25, 0.3) is 5.91 Å². The maximum Gasteiger partial charge on any atom is 0.573 e. The van der Waals surface area contributed by atoms with E-state index in [9.17, 15) is 42.8 Å². The van der Waals surface area contributed by atoms with Gasteiger partial charge in [-0.1, -0.05) is 18.2 Å². The molecule has 2 atom stereocenters. The number of ether oxygens (including phenoxy) is 1. The van der Waals surface area contributed by atoms with Gasteiger partial charge < -0.3 is 9.84 Å². The van der Waals surface area contributed by atoms with Crippen molar-refractivity contribution in [1.29, 1.82) is 0 Å². The number of carbonyl (C=O) groups is 3. The standard InChI is InChI=1S/C22H14F4N2O7/c23-14-7-11(10-2-1-3-12(6-10)35-22(24,25)26)4-5-15(14)27-9-17(29)18-13(21(31)32)8-16(28(33)34)19(18)20(27)30/h1-7,13,16H,8-9H2,(H,31,32). The molecule has 1 N–H and O–H groups in total. The van der Waals surface area contributed by atoms with Crippen molar-refractivity contribution in [3.8, 4) is 16.9 Å². The van der Waals surface area contributed by atoms with Gasteiger partial charge in [-0.3, -0.25) is 29.4 Å². The molecule has 0 saturated heterocycles. The van der Waals surface area contributed by atoms with Crippen LogP contribution in [0.25, 0.3) is 11.1 Å². The van der Waals surface area contributed by atoms with Crippen molar-refractivity contribution in [2.75, 3.05) is 11.4 Å². The molecule has 182 valence electrons. The summed E-state index contributed by atoms with van der Waals surface area (Å²) in [5.74, 6) is -6.47. The van der Waals surface area contributed by atoms with E-state index in [1.54, 1.807) is 0 Å². The second kappa shape index (κ2) is 8.49. The van der Waals surface area contributed by atoms with Crippen LogP contribution >= 0.6 is 0 Å². The average molecular weight is 494 g/mol. The molecular formula is C22H14F4N2O7. The zero-order valence-electron chi connectivity index (χ0n) is 17.4. The van der Waals surface area contributed by atoms with Gasteiger partial charge in [-0.05, 0) is 35.4 Å². The first-order chi connectivity index (χ1) is 16.4. The maximum atomic E-state index is 15.0. The molecule has 2 aromatic rings. The van der Waals surface area contributed by atoms with Crippen LogP contribution in [0.2, 0.25) is 0 Å². The smallest absolute Gasteiger partial charge is 0.481 e. The maximum absolute atomic E-state index is 15.0. The van der Waals surface area contributed by atoms with Gasteiger partial charge in [-0.2, -0.15) is 0 Å². The van der Waals surface area contributed by atoms with E-state index in [1.165, 1.54) is 18.2 Å². The van der Waals surface area contributed by atoms with Crippen LogP contribution in [0.1, 0.15) is 6.42 Å². The van der Waals surface area contributed by atoms with E-state index in [1.807, 2.05) is 0 Å². The van der Waals surface area contributed by atoms with Crippen molar-refractivity contribution in [2.45, 2.75) is 18.8 Å². The highest BCUT2D eigenvalue weighted by Gasteiger charge is 2.53. The number of benzene rings is 2. The number of ketones is 1. The number of halogens is 4. The van der Waals surface area contributed by atoms with Gasteiger partial charge in [-0.15, -0.1) is 13.2 Å². The number of rotatable bonds is 5. The number of alkyl halides is 3. The fourth-order valence-corrected chi connectivity index (χ4v) is 4.26. The SMILES string of the molecule is O=C1CN(c2ccc(-c3cccc(OC(F)(F)F)c3)cc2F)C(=O)C2=C1C(C(=O)O)CC2[N+](=O)[O-]. The molecule has 2 aliphatic rings. The number of amides is 1. The second-order valence-electron chi connectivity index (χ2n) is 7.81. The molecule has 4 rings (SSSR count). The molecule has 0 bridgehead atoms. The predicted octanol–water partition coefficient (Wildman–Crippen LogP) is 3.35. The number of carboxylic acids is 1. The highest BCUT2D eigenvalue weighted by Crippen LogP contribution is 2.40. The van der Waals surface area contributed by atoms with Crippen molar-refractivity contribution >= 4 is 23.3 Å². The summed E-state index contributed by atoms with van der Waals surface area (Å²) in [5.41, 5.74) is -1.14. The van der Waals surface area contributed by atoms with E-state index in [2.05, 4.69) is 4.74 Å². The van der Waals surface area contributed by atoms with E-state index in [0.29, 0.717) is 4.90 Å². The summed E-state index contributed by atoms with van der Waals surface area (Å²) in [6, 6.07) is 6.32. The Morgan fingerprint density at radius 2 is 1.80 bits per heavy atom. The van der Waals surface area contributed by atoms with E-state index in [4.69, 9.17) is 0 Å². The summed E-state index contributed by atoms with van der Waals surface area (Å²) in [7, 11) is 0. The molecule has 35 heavy (non-hydrogen) atoms. The van der Waals surface area contributed by atoms with Gasteiger partial charge in [0, 0.05) is 16.9 Å². The van der Waals surface area contributed by atoms with Gasteiger partial charge in [0.2, 0.25) is 6.04 Å². The summed E-state index contributed by atoms with van der Waals surface area (Å²) in [6.45, 7) is -0.725. The van der Waals surface area contributed by atoms with Gasteiger partial charge in [0.15, 0.2) is 5.78 Å². The van der Waals surface area contributed by atoms with Crippen LogP contribution in [0.3, 0.4) is 0 Å². The minimum atomic E-state index is -4.93. The lowest BCUT2D eigenvalue weighted by Crippen LogP contribution is -2.45. The minimum Gasteiger partial charge on any atom is -0.481 e. The van der Waals surface area contributed by atoms with Crippen LogP contribution in [0.15, 0.2) is 53.6 Å². The lowest BCUT2D eigenvalue weighted by molar-refractivity contribution is -0.511. The van der Waals surface area contributed by atoms with Crippen molar-refractivity contribution in [2.24, 2.45) is 5.92 Å². The number of anilines is 1. The Hall–Kier alpha value is -4.29. The van der Waals surface area contributed by atoms with Crippen molar-refractivity contribution in [3.63, 3.8) is 0 Å². The Morgan fingerprint density at radius 1 is 1.11 bits per heavy atom. The van der Waals surface area contributed by atoms with E-state index >= 15 is 4.39 Å². The molecule has 0 fully saturated rings. The Labute approximate surface area is 193 Å². The molecule has 1 aliphatic carbocycles. The summed E-state index contributed by atoms with van der Waals surface area (Å²) in [4.78, 5) is 48.5. The fourth-order valence-electron chi connectivity index (χ4n) is 4.26. The molecule has 0 aromatic heterocycles. The minimum absolute atomic E-state index is 0.129. The number of carbonyl (C=O) groups excluding carboxylic acids is 2. The molecule has 0 spiro atoms. The molecule has 13 heteroatoms. The zero-order chi connectivity index (χ0) is 25.7. The van der Waals surface area contributed by atoms with Crippen LogP contribution < -0.4 is 9.64 Å². The first-order valence-corrected chi connectivity index (χ1v) is 9.98. The van der Waals surface area contributed by atoms with Crippen LogP contribution in [-0.4, -0.2) is 46.6 Å². The third kappa shape index (κ3) is 4.44. The van der Waals surface area contributed by atoms with Crippen LogP contribution in [0.4, 0.5) is 23.2 Å². The topological polar surface area (TPSA) is 127 Å². The van der Waals surface area contributed by atoms with E-state index < -0.39 is 82.3 Å². The number of aliphatic carboxylic acids is 1. The first kappa shape index (κ1) is 23.9. The number of nitrogens with zero attached hydrogens (tertiary/aromatic N) is 2. The molecule has 9 nitrogen and oxygen atoms in total. The molecule has 0 saturated carbocycles. The molecule has 1 aliphatic heterocycles. The monoisotopic (exact) mass is 494 g/mol. The van der Waals surface area contributed by atoms with Crippen LogP contribution in [0.5, 0.6) is 5.75 Å². The summed E-state index contributed by atoms with van der Waals surface area (Å²) < 4.78 is 56.3. The number of hydrogen-bond donors (Lipinski definition) is 1. The van der Waals surface area contributed by atoms with Crippen molar-refractivity contribution < 1.29 is 46.7 Å². The molecular weight excluding hydrogens is 480 g/mol. The van der Waals surface area contributed by atoms with Gasteiger partial charge >= 0.3 is 12.3 Å². The van der Waals surface area contributed by atoms with Crippen molar-refractivity contribution in [1.82, 2.24) is 0 Å². The highest BCUT2D eigenvalue weighted by atomic mass is 19.4.